The van der Waals surface area contributed by atoms with Crippen LogP contribution in [0.2, 0.25) is 0 Å². The van der Waals surface area contributed by atoms with Gasteiger partial charge in [0.25, 0.3) is 0 Å². The lowest BCUT2D eigenvalue weighted by Crippen LogP contribution is -2.27. The van der Waals surface area contributed by atoms with Crippen molar-refractivity contribution in [3.8, 4) is 0 Å². The van der Waals surface area contributed by atoms with E-state index >= 15 is 0 Å². The maximum absolute atomic E-state index is 12.2. The van der Waals surface area contributed by atoms with Gasteiger partial charge in [-0.05, 0) is 43.9 Å². The van der Waals surface area contributed by atoms with Crippen LogP contribution in [0.25, 0.3) is 11.6 Å². The van der Waals surface area contributed by atoms with E-state index in [1.807, 2.05) is 57.2 Å². The Hall–Kier alpha value is -2.35. The smallest absolute Gasteiger partial charge is 0.311 e. The van der Waals surface area contributed by atoms with Gasteiger partial charge in [-0.3, -0.25) is 4.79 Å². The SMILES string of the molecule is CCOC(=O)C(C)(C)C/C(=C/c1ccccc1)c1ccccc1. The lowest BCUT2D eigenvalue weighted by Gasteiger charge is -2.24. The van der Waals surface area contributed by atoms with Crippen LogP contribution < -0.4 is 0 Å². The van der Waals surface area contributed by atoms with Crippen LogP contribution in [0.15, 0.2) is 60.7 Å². The molecule has 2 aromatic rings. The molecule has 0 unspecified atom stereocenters. The number of rotatable bonds is 6. The van der Waals surface area contributed by atoms with E-state index in [0.717, 1.165) is 16.7 Å². The van der Waals surface area contributed by atoms with Crippen LogP contribution in [0.5, 0.6) is 0 Å². The fraction of sp³-hybridized carbons (Fsp3) is 0.286. The Balaban J connectivity index is 2.35. The highest BCUT2D eigenvalue weighted by atomic mass is 16.5. The van der Waals surface area contributed by atoms with E-state index in [1.165, 1.54) is 0 Å². The van der Waals surface area contributed by atoms with E-state index < -0.39 is 5.41 Å². The zero-order valence-corrected chi connectivity index (χ0v) is 14.1. The van der Waals surface area contributed by atoms with Crippen molar-refractivity contribution in [1.82, 2.24) is 0 Å². The molecule has 0 atom stereocenters. The predicted octanol–water partition coefficient (Wildman–Crippen LogP) is 5.21. The molecule has 0 saturated carbocycles. The average molecular weight is 308 g/mol. The molecule has 0 aliphatic carbocycles. The largest absolute Gasteiger partial charge is 0.466 e. The summed E-state index contributed by atoms with van der Waals surface area (Å²) in [5.41, 5.74) is 2.83. The lowest BCUT2D eigenvalue weighted by atomic mass is 9.82. The predicted molar refractivity (Wildman–Crippen MR) is 95.8 cm³/mol. The fourth-order valence-electron chi connectivity index (χ4n) is 2.51. The van der Waals surface area contributed by atoms with Crippen molar-refractivity contribution in [3.63, 3.8) is 0 Å². The Kier molecular flexibility index (Phi) is 5.75. The van der Waals surface area contributed by atoms with Gasteiger partial charge in [0.2, 0.25) is 0 Å². The number of benzene rings is 2. The molecule has 0 aliphatic rings. The van der Waals surface area contributed by atoms with Crippen molar-refractivity contribution in [1.29, 1.82) is 0 Å². The number of allylic oxidation sites excluding steroid dienone is 1. The van der Waals surface area contributed by atoms with E-state index in [9.17, 15) is 4.79 Å². The summed E-state index contributed by atoms with van der Waals surface area (Å²) in [6.45, 7) is 6.12. The molecule has 120 valence electrons. The minimum Gasteiger partial charge on any atom is -0.466 e. The van der Waals surface area contributed by atoms with E-state index in [4.69, 9.17) is 4.74 Å². The molecule has 0 spiro atoms. The van der Waals surface area contributed by atoms with Crippen molar-refractivity contribution in [2.75, 3.05) is 6.61 Å². The molecule has 2 aromatic carbocycles. The Bertz CT molecular complexity index is 655. The first-order chi connectivity index (χ1) is 11.0. The van der Waals surface area contributed by atoms with Crippen LogP contribution in [0.4, 0.5) is 0 Å². The summed E-state index contributed by atoms with van der Waals surface area (Å²) < 4.78 is 5.23. The molecule has 23 heavy (non-hydrogen) atoms. The second-order valence-electron chi connectivity index (χ2n) is 6.23. The molecular weight excluding hydrogens is 284 g/mol. The Morgan fingerprint density at radius 3 is 2.13 bits per heavy atom. The van der Waals surface area contributed by atoms with Crippen LogP contribution >= 0.6 is 0 Å². The van der Waals surface area contributed by atoms with Crippen molar-refractivity contribution in [2.45, 2.75) is 27.2 Å². The van der Waals surface area contributed by atoms with Gasteiger partial charge in [-0.25, -0.2) is 0 Å². The Labute approximate surface area is 138 Å². The standard InChI is InChI=1S/C21H24O2/c1-4-23-20(22)21(2,3)16-19(18-13-9-6-10-14-18)15-17-11-7-5-8-12-17/h5-15H,4,16H2,1-3H3/b19-15-. The molecule has 0 aliphatic heterocycles. The lowest BCUT2D eigenvalue weighted by molar-refractivity contribution is -0.153. The maximum atomic E-state index is 12.2. The number of ether oxygens (including phenoxy) is 1. The van der Waals surface area contributed by atoms with Crippen molar-refractivity contribution in [2.24, 2.45) is 5.41 Å². The van der Waals surface area contributed by atoms with Gasteiger partial charge in [-0.2, -0.15) is 0 Å². The second kappa shape index (κ2) is 7.77. The minimum absolute atomic E-state index is 0.158. The number of hydrogen-bond donors (Lipinski definition) is 0. The molecule has 0 radical (unpaired) electrons. The minimum atomic E-state index is -0.563. The van der Waals surface area contributed by atoms with E-state index in [0.29, 0.717) is 13.0 Å². The van der Waals surface area contributed by atoms with Crippen LogP contribution in [-0.4, -0.2) is 12.6 Å². The van der Waals surface area contributed by atoms with Crippen LogP contribution in [0, 0.1) is 5.41 Å². The van der Waals surface area contributed by atoms with Gasteiger partial charge < -0.3 is 4.74 Å². The van der Waals surface area contributed by atoms with Crippen molar-refractivity contribution >= 4 is 17.6 Å². The topological polar surface area (TPSA) is 26.3 Å². The highest BCUT2D eigenvalue weighted by Gasteiger charge is 2.30. The molecule has 2 heteroatoms. The molecule has 0 amide bonds. The van der Waals surface area contributed by atoms with Gasteiger partial charge in [0.15, 0.2) is 0 Å². The van der Waals surface area contributed by atoms with Gasteiger partial charge >= 0.3 is 5.97 Å². The third-order valence-electron chi connectivity index (χ3n) is 3.75. The molecular formula is C21H24O2. The summed E-state index contributed by atoms with van der Waals surface area (Å²) in [6, 6.07) is 20.4. The third-order valence-corrected chi connectivity index (χ3v) is 3.75. The Morgan fingerprint density at radius 2 is 1.57 bits per heavy atom. The quantitative estimate of drug-likeness (QED) is 0.541. The van der Waals surface area contributed by atoms with Crippen LogP contribution in [-0.2, 0) is 9.53 Å². The van der Waals surface area contributed by atoms with Crippen LogP contribution in [0.1, 0.15) is 38.3 Å². The number of carbonyl (C=O) groups excluding carboxylic acids is 1. The highest BCUT2D eigenvalue weighted by molar-refractivity contribution is 5.86. The molecule has 2 nitrogen and oxygen atoms in total. The second-order valence-corrected chi connectivity index (χ2v) is 6.23. The van der Waals surface area contributed by atoms with Gasteiger partial charge in [-0.15, -0.1) is 0 Å². The molecule has 0 bridgehead atoms. The molecule has 2 rings (SSSR count). The zero-order valence-electron chi connectivity index (χ0n) is 14.1. The molecule has 0 aromatic heterocycles. The first-order valence-electron chi connectivity index (χ1n) is 8.01. The zero-order chi connectivity index (χ0) is 16.7. The van der Waals surface area contributed by atoms with E-state index in [2.05, 4.69) is 30.3 Å². The van der Waals surface area contributed by atoms with Crippen LogP contribution in [0.3, 0.4) is 0 Å². The summed E-state index contributed by atoms with van der Waals surface area (Å²) >= 11 is 0. The summed E-state index contributed by atoms with van der Waals surface area (Å²) in [5, 5.41) is 0. The molecule has 0 heterocycles. The monoisotopic (exact) mass is 308 g/mol. The van der Waals surface area contributed by atoms with Gasteiger partial charge in [0.05, 0.1) is 12.0 Å². The highest BCUT2D eigenvalue weighted by Crippen LogP contribution is 2.33. The third kappa shape index (κ3) is 4.82. The first kappa shape index (κ1) is 17.0. The van der Waals surface area contributed by atoms with Gasteiger partial charge in [0.1, 0.15) is 0 Å². The van der Waals surface area contributed by atoms with Crippen molar-refractivity contribution < 1.29 is 9.53 Å². The summed E-state index contributed by atoms with van der Waals surface area (Å²) in [6.07, 6.45) is 2.78. The van der Waals surface area contributed by atoms with Crippen molar-refractivity contribution in [3.05, 3.63) is 71.8 Å². The van der Waals surface area contributed by atoms with Gasteiger partial charge in [0, 0.05) is 0 Å². The number of carbonyl (C=O) groups is 1. The summed E-state index contributed by atoms with van der Waals surface area (Å²) in [5.74, 6) is -0.158. The van der Waals surface area contributed by atoms with E-state index in [-0.39, 0.29) is 5.97 Å². The summed E-state index contributed by atoms with van der Waals surface area (Å²) in [7, 11) is 0. The first-order valence-corrected chi connectivity index (χ1v) is 8.01. The average Bonchev–Trinajstić information content (AvgIpc) is 2.56. The molecule has 0 N–H and O–H groups in total. The molecule has 0 saturated heterocycles. The normalized spacial score (nSPS) is 12.0. The van der Waals surface area contributed by atoms with E-state index in [1.54, 1.807) is 0 Å². The maximum Gasteiger partial charge on any atom is 0.311 e. The number of esters is 1. The summed E-state index contributed by atoms with van der Waals surface area (Å²) in [4.78, 5) is 12.2. The van der Waals surface area contributed by atoms with Gasteiger partial charge in [-0.1, -0.05) is 66.7 Å². The molecule has 0 fully saturated rings. The fourth-order valence-corrected chi connectivity index (χ4v) is 2.51. The Morgan fingerprint density at radius 1 is 1.00 bits per heavy atom. The number of hydrogen-bond acceptors (Lipinski definition) is 2.